The summed E-state index contributed by atoms with van der Waals surface area (Å²) in [5.41, 5.74) is 11.4. The van der Waals surface area contributed by atoms with E-state index in [1.807, 2.05) is 47.7 Å². The maximum Gasteiger partial charge on any atom is 0.159 e. The Morgan fingerprint density at radius 1 is 0.464 bits per heavy atom. The molecule has 1 atom stereocenters. The Balaban J connectivity index is 1.04. The molecule has 2 aromatic heterocycles. The zero-order chi connectivity index (χ0) is 37.0. The summed E-state index contributed by atoms with van der Waals surface area (Å²) in [6.07, 6.45) is -0.294. The molecule has 5 heteroatoms. The van der Waals surface area contributed by atoms with E-state index in [1.165, 1.54) is 64.2 Å². The van der Waals surface area contributed by atoms with E-state index in [-0.39, 0.29) is 6.17 Å². The van der Waals surface area contributed by atoms with Crippen LogP contribution in [0.2, 0.25) is 0 Å². The smallest absolute Gasteiger partial charge is 0.159 e. The second-order valence-electron chi connectivity index (χ2n) is 14.2. The summed E-state index contributed by atoms with van der Waals surface area (Å²) in [7, 11) is 0. The lowest BCUT2D eigenvalue weighted by Gasteiger charge is -2.24. The Kier molecular flexibility index (Phi) is 7.71. The molecular formula is C51H34N4S. The zero-order valence-corrected chi connectivity index (χ0v) is 31.1. The predicted molar refractivity (Wildman–Crippen MR) is 236 cm³/mol. The van der Waals surface area contributed by atoms with E-state index >= 15 is 0 Å². The van der Waals surface area contributed by atoms with Crippen LogP contribution in [-0.4, -0.2) is 16.2 Å². The molecule has 11 rings (SSSR count). The summed E-state index contributed by atoms with van der Waals surface area (Å²) in [6.45, 7) is 0. The third-order valence-electron chi connectivity index (χ3n) is 10.9. The van der Waals surface area contributed by atoms with Gasteiger partial charge in [0.05, 0.1) is 11.0 Å². The molecule has 56 heavy (non-hydrogen) atoms. The minimum absolute atomic E-state index is 0.294. The first kappa shape index (κ1) is 32.4. The highest BCUT2D eigenvalue weighted by Gasteiger charge is 2.22. The molecule has 3 heterocycles. The number of benzene rings is 8. The lowest BCUT2D eigenvalue weighted by Crippen LogP contribution is -2.33. The monoisotopic (exact) mass is 734 g/mol. The molecule has 1 unspecified atom stereocenters. The van der Waals surface area contributed by atoms with Crippen molar-refractivity contribution in [3.05, 3.63) is 211 Å². The van der Waals surface area contributed by atoms with E-state index in [1.54, 1.807) is 0 Å². The zero-order valence-electron chi connectivity index (χ0n) is 30.3. The van der Waals surface area contributed by atoms with Crippen molar-refractivity contribution in [2.45, 2.75) is 6.17 Å². The number of thiophene rings is 1. The fraction of sp³-hybridized carbons (Fsp3) is 0.0196. The van der Waals surface area contributed by atoms with Gasteiger partial charge in [0.2, 0.25) is 0 Å². The van der Waals surface area contributed by atoms with Gasteiger partial charge in [0.1, 0.15) is 12.0 Å². The summed E-state index contributed by atoms with van der Waals surface area (Å²) in [5.74, 6) is 1.53. The number of aromatic nitrogens is 1. The third-order valence-corrected chi connectivity index (χ3v) is 12.1. The van der Waals surface area contributed by atoms with Crippen LogP contribution in [0.5, 0.6) is 0 Å². The molecular weight excluding hydrogens is 701 g/mol. The summed E-state index contributed by atoms with van der Waals surface area (Å²) in [6, 6.07) is 69.3. The first-order valence-corrected chi connectivity index (χ1v) is 19.8. The van der Waals surface area contributed by atoms with E-state index in [2.05, 4.69) is 168 Å². The summed E-state index contributed by atoms with van der Waals surface area (Å²) in [4.78, 5) is 10.1. The molecule has 264 valence electrons. The molecule has 0 bridgehead atoms. The fourth-order valence-corrected chi connectivity index (χ4v) is 9.38. The molecule has 4 nitrogen and oxygen atoms in total. The Morgan fingerprint density at radius 2 is 1.07 bits per heavy atom. The fourth-order valence-electron chi connectivity index (χ4n) is 8.14. The maximum absolute atomic E-state index is 5.11. The van der Waals surface area contributed by atoms with Crippen LogP contribution in [-0.2, 0) is 0 Å². The van der Waals surface area contributed by atoms with Gasteiger partial charge >= 0.3 is 0 Å². The molecule has 0 amide bonds. The van der Waals surface area contributed by atoms with E-state index in [0.29, 0.717) is 0 Å². The molecule has 0 saturated heterocycles. The van der Waals surface area contributed by atoms with Gasteiger partial charge in [-0.25, -0.2) is 9.98 Å². The first-order chi connectivity index (χ1) is 27.7. The molecule has 0 fully saturated rings. The minimum atomic E-state index is -0.294. The van der Waals surface area contributed by atoms with Gasteiger partial charge in [-0.05, 0) is 70.3 Å². The second-order valence-corrected chi connectivity index (χ2v) is 15.3. The van der Waals surface area contributed by atoms with Gasteiger partial charge in [-0.15, -0.1) is 11.3 Å². The summed E-state index contributed by atoms with van der Waals surface area (Å²) < 4.78 is 5.04. The van der Waals surface area contributed by atoms with E-state index < -0.39 is 0 Å². The van der Waals surface area contributed by atoms with Crippen molar-refractivity contribution in [3.63, 3.8) is 0 Å². The van der Waals surface area contributed by atoms with Crippen molar-refractivity contribution in [1.29, 1.82) is 0 Å². The Morgan fingerprint density at radius 3 is 1.80 bits per heavy atom. The molecule has 0 spiro atoms. The average Bonchev–Trinajstić information content (AvgIpc) is 3.82. The first-order valence-electron chi connectivity index (χ1n) is 18.9. The Labute approximate surface area is 328 Å². The SMILES string of the molecule is c1ccc(C2=NC(c3ccc(-n4c5ccc(-c6ccccc6)cc5c5cc(-c6cccc7c6sc6ccccc67)ccc54)cc3)NC(c3ccccc3)=N2)cc1. The summed E-state index contributed by atoms with van der Waals surface area (Å²) >= 11 is 1.88. The van der Waals surface area contributed by atoms with E-state index in [0.717, 1.165) is 34.0 Å². The standard InChI is InChI=1S/C51H34N4S/c1-4-13-33(14-5-1)37-25-29-45-43(31-37)44-32-38(40-20-12-21-42-41-19-10-11-22-47(41)56-48(40)42)26-30-46(44)55(45)39-27-23-36(24-28-39)51-53-49(34-15-6-2-7-16-34)52-50(54-51)35-17-8-3-9-18-35/h1-32,51H,(H,52,53,54). The lowest BCUT2D eigenvalue weighted by molar-refractivity contribution is 0.674. The van der Waals surface area contributed by atoms with Gasteiger partial charge in [0, 0.05) is 47.8 Å². The van der Waals surface area contributed by atoms with Crippen LogP contribution in [0.4, 0.5) is 0 Å². The van der Waals surface area contributed by atoms with Crippen molar-refractivity contribution >= 4 is 65.0 Å². The average molecular weight is 735 g/mol. The second kappa shape index (κ2) is 13.3. The van der Waals surface area contributed by atoms with E-state index in [9.17, 15) is 0 Å². The normalized spacial score (nSPS) is 14.2. The van der Waals surface area contributed by atoms with Crippen molar-refractivity contribution in [2.75, 3.05) is 0 Å². The van der Waals surface area contributed by atoms with Gasteiger partial charge < -0.3 is 9.88 Å². The summed E-state index contributed by atoms with van der Waals surface area (Å²) in [5, 5.41) is 8.71. The molecule has 0 aliphatic carbocycles. The van der Waals surface area contributed by atoms with E-state index in [4.69, 9.17) is 9.98 Å². The van der Waals surface area contributed by atoms with Gasteiger partial charge in [0.25, 0.3) is 0 Å². The quantitative estimate of drug-likeness (QED) is 0.182. The molecule has 0 saturated carbocycles. The van der Waals surface area contributed by atoms with Crippen LogP contribution in [0.3, 0.4) is 0 Å². The van der Waals surface area contributed by atoms with Crippen molar-refractivity contribution in [2.24, 2.45) is 9.98 Å². The highest BCUT2D eigenvalue weighted by Crippen LogP contribution is 2.42. The maximum atomic E-state index is 5.11. The van der Waals surface area contributed by atoms with Gasteiger partial charge in [-0.1, -0.05) is 152 Å². The van der Waals surface area contributed by atoms with Crippen LogP contribution in [0.25, 0.3) is 69.9 Å². The number of fused-ring (bicyclic) bond motifs is 6. The molecule has 1 aliphatic rings. The number of nitrogens with zero attached hydrogens (tertiary/aromatic N) is 3. The number of amidine groups is 2. The van der Waals surface area contributed by atoms with Gasteiger partial charge in [-0.3, -0.25) is 0 Å². The topological polar surface area (TPSA) is 41.7 Å². The highest BCUT2D eigenvalue weighted by molar-refractivity contribution is 7.26. The Hall–Kier alpha value is -7.08. The third kappa shape index (κ3) is 5.52. The molecule has 8 aromatic carbocycles. The highest BCUT2D eigenvalue weighted by atomic mass is 32.1. The largest absolute Gasteiger partial charge is 0.344 e. The number of hydrogen-bond donors (Lipinski definition) is 1. The number of rotatable bonds is 6. The van der Waals surface area contributed by atoms with Gasteiger partial charge in [-0.2, -0.15) is 0 Å². The number of nitrogens with one attached hydrogen (secondary N) is 1. The van der Waals surface area contributed by atoms with Crippen molar-refractivity contribution < 1.29 is 0 Å². The Bertz CT molecular complexity index is 3140. The van der Waals surface area contributed by atoms with Crippen LogP contribution in [0, 0.1) is 0 Å². The molecule has 1 N–H and O–H groups in total. The molecule has 10 aromatic rings. The van der Waals surface area contributed by atoms with Crippen LogP contribution < -0.4 is 5.32 Å². The lowest BCUT2D eigenvalue weighted by atomic mass is 9.99. The van der Waals surface area contributed by atoms with Crippen LogP contribution in [0.15, 0.2) is 204 Å². The van der Waals surface area contributed by atoms with Gasteiger partial charge in [0.15, 0.2) is 5.84 Å². The number of aliphatic imine (C=N–C) groups is 2. The van der Waals surface area contributed by atoms with Crippen molar-refractivity contribution in [1.82, 2.24) is 9.88 Å². The van der Waals surface area contributed by atoms with Crippen molar-refractivity contribution in [3.8, 4) is 27.9 Å². The van der Waals surface area contributed by atoms with Crippen LogP contribution >= 0.6 is 11.3 Å². The minimum Gasteiger partial charge on any atom is -0.344 e. The predicted octanol–water partition coefficient (Wildman–Crippen LogP) is 13.0. The van der Waals surface area contributed by atoms with Crippen LogP contribution in [0.1, 0.15) is 22.9 Å². The number of hydrogen-bond acceptors (Lipinski definition) is 4. The molecule has 0 radical (unpaired) electrons. The molecule has 1 aliphatic heterocycles.